The Morgan fingerprint density at radius 1 is 1.10 bits per heavy atom. The monoisotopic (exact) mass is 464 g/mol. The van der Waals surface area contributed by atoms with E-state index in [0.29, 0.717) is 24.9 Å². The zero-order valence-corrected chi connectivity index (χ0v) is 19.5. The fourth-order valence-corrected chi connectivity index (χ4v) is 4.84. The van der Waals surface area contributed by atoms with E-state index in [1.807, 2.05) is 18.2 Å². The summed E-state index contributed by atoms with van der Waals surface area (Å²) in [6, 6.07) is 17.1. The van der Waals surface area contributed by atoms with E-state index in [1.54, 1.807) is 6.20 Å². The summed E-state index contributed by atoms with van der Waals surface area (Å²) >= 11 is 0. The Labute approximate surface area is 198 Å². The van der Waals surface area contributed by atoms with Crippen molar-refractivity contribution in [2.45, 2.75) is 44.8 Å². The van der Waals surface area contributed by atoms with Crippen LogP contribution in [0.25, 0.3) is 0 Å². The first-order valence-electron chi connectivity index (χ1n) is 10.9. The fourth-order valence-electron chi connectivity index (χ4n) is 4.84. The van der Waals surface area contributed by atoms with Crippen LogP contribution in [0.5, 0.6) is 0 Å². The van der Waals surface area contributed by atoms with Gasteiger partial charge in [-0.1, -0.05) is 36.4 Å². The van der Waals surface area contributed by atoms with Crippen LogP contribution in [0.1, 0.15) is 36.9 Å². The van der Waals surface area contributed by atoms with E-state index in [9.17, 15) is 4.79 Å². The number of aromatic nitrogens is 1. The number of nitrogens with one attached hydrogen (secondary N) is 2. The van der Waals surface area contributed by atoms with Crippen molar-refractivity contribution in [1.82, 2.24) is 20.5 Å². The van der Waals surface area contributed by atoms with E-state index in [-0.39, 0.29) is 30.7 Å². The van der Waals surface area contributed by atoms with Gasteiger partial charge in [-0.25, -0.2) is 0 Å². The molecule has 3 heterocycles. The standard InChI is InChI=1S/C24H32N4O.2ClH/c29-24(27-15-22-9-4-5-12-25-22)11-6-10-23-21-13-20(14-26-23)17-28(18-21)16-19-7-2-1-3-8-19;;/h1-5,7-9,12,20-21,23,26H,6,10-11,13-18H2,(H,27,29);2*1H/t20?,21?,23-;;/m1../s1. The first-order chi connectivity index (χ1) is 14.3. The maximum absolute atomic E-state index is 12.2. The number of fused-ring (bicyclic) bond motifs is 2. The van der Waals surface area contributed by atoms with Crippen LogP contribution in [0.4, 0.5) is 0 Å². The number of piperidine rings is 2. The molecule has 2 aliphatic heterocycles. The number of halogens is 2. The number of likely N-dealkylation sites (tertiary alicyclic amines) is 1. The molecule has 0 radical (unpaired) electrons. The average molecular weight is 465 g/mol. The Morgan fingerprint density at radius 3 is 2.68 bits per heavy atom. The van der Waals surface area contributed by atoms with Crippen LogP contribution in [0.15, 0.2) is 54.7 Å². The zero-order valence-electron chi connectivity index (χ0n) is 17.9. The Bertz CT molecular complexity index is 778. The molecule has 2 aromatic rings. The topological polar surface area (TPSA) is 57.3 Å². The highest BCUT2D eigenvalue weighted by molar-refractivity contribution is 5.85. The average Bonchev–Trinajstić information content (AvgIpc) is 2.75. The maximum atomic E-state index is 12.2. The van der Waals surface area contributed by atoms with Gasteiger partial charge < -0.3 is 10.6 Å². The lowest BCUT2D eigenvalue weighted by Crippen LogP contribution is -2.55. The van der Waals surface area contributed by atoms with Crippen molar-refractivity contribution in [2.75, 3.05) is 19.6 Å². The SMILES string of the molecule is Cl.Cl.O=C(CCC[C@H]1NCC2CC1CN(Cc1ccccc1)C2)NCc1ccccn1. The molecule has 0 spiro atoms. The predicted molar refractivity (Wildman–Crippen MR) is 130 cm³/mol. The van der Waals surface area contributed by atoms with Crippen molar-refractivity contribution >= 4 is 30.7 Å². The van der Waals surface area contributed by atoms with Crippen molar-refractivity contribution in [2.24, 2.45) is 11.8 Å². The molecule has 170 valence electrons. The normalized spacial score (nSPS) is 22.6. The number of nitrogens with zero attached hydrogens (tertiary/aromatic N) is 2. The van der Waals surface area contributed by atoms with Gasteiger partial charge in [0.25, 0.3) is 0 Å². The van der Waals surface area contributed by atoms with Crippen molar-refractivity contribution in [3.63, 3.8) is 0 Å². The predicted octanol–water partition coefficient (Wildman–Crippen LogP) is 3.82. The van der Waals surface area contributed by atoms with Gasteiger partial charge in [-0.05, 0) is 55.3 Å². The van der Waals surface area contributed by atoms with E-state index >= 15 is 0 Å². The Kier molecular flexibility index (Phi) is 10.7. The second kappa shape index (κ2) is 13.0. The van der Waals surface area contributed by atoms with Crippen molar-refractivity contribution in [3.8, 4) is 0 Å². The summed E-state index contributed by atoms with van der Waals surface area (Å²) in [5.41, 5.74) is 2.31. The second-order valence-electron chi connectivity index (χ2n) is 8.55. The number of hydrogen-bond donors (Lipinski definition) is 2. The molecule has 0 aliphatic carbocycles. The van der Waals surface area contributed by atoms with Gasteiger partial charge in [0.15, 0.2) is 0 Å². The highest BCUT2D eigenvalue weighted by Gasteiger charge is 2.35. The van der Waals surface area contributed by atoms with Crippen molar-refractivity contribution in [3.05, 3.63) is 66.0 Å². The van der Waals surface area contributed by atoms with E-state index in [2.05, 4.69) is 50.8 Å². The van der Waals surface area contributed by atoms with E-state index in [1.165, 1.54) is 18.5 Å². The summed E-state index contributed by atoms with van der Waals surface area (Å²) in [7, 11) is 0. The van der Waals surface area contributed by atoms with Crippen LogP contribution in [0, 0.1) is 11.8 Å². The van der Waals surface area contributed by atoms with Gasteiger partial charge in [0.1, 0.15) is 0 Å². The molecule has 2 N–H and O–H groups in total. The molecule has 2 saturated heterocycles. The van der Waals surface area contributed by atoms with Crippen LogP contribution < -0.4 is 10.6 Å². The molecule has 2 aliphatic rings. The lowest BCUT2D eigenvalue weighted by atomic mass is 9.79. The summed E-state index contributed by atoms with van der Waals surface area (Å²) in [5.74, 6) is 1.58. The van der Waals surface area contributed by atoms with Gasteiger partial charge >= 0.3 is 0 Å². The number of rotatable bonds is 8. The lowest BCUT2D eigenvalue weighted by Gasteiger charge is -2.46. The molecule has 2 unspecified atom stereocenters. The van der Waals surface area contributed by atoms with E-state index < -0.39 is 0 Å². The summed E-state index contributed by atoms with van der Waals surface area (Å²) in [6.45, 7) is 5.03. The zero-order chi connectivity index (χ0) is 19.9. The lowest BCUT2D eigenvalue weighted by molar-refractivity contribution is -0.121. The molecule has 4 rings (SSSR count). The van der Waals surface area contributed by atoms with Crippen molar-refractivity contribution in [1.29, 1.82) is 0 Å². The highest BCUT2D eigenvalue weighted by atomic mass is 35.5. The van der Waals surface area contributed by atoms with Crippen LogP contribution in [0.2, 0.25) is 0 Å². The first-order valence-corrected chi connectivity index (χ1v) is 10.9. The summed E-state index contributed by atoms with van der Waals surface area (Å²) in [6.07, 6.45) is 5.69. The molecule has 1 aromatic carbocycles. The molecule has 5 nitrogen and oxygen atoms in total. The number of hydrogen-bond acceptors (Lipinski definition) is 4. The third kappa shape index (κ3) is 7.76. The van der Waals surface area contributed by atoms with Gasteiger partial charge in [0, 0.05) is 38.3 Å². The minimum absolute atomic E-state index is 0. The molecule has 1 aromatic heterocycles. The Morgan fingerprint density at radius 2 is 1.90 bits per heavy atom. The van der Waals surface area contributed by atoms with Crippen LogP contribution in [-0.2, 0) is 17.9 Å². The smallest absolute Gasteiger partial charge is 0.220 e. The quantitative estimate of drug-likeness (QED) is 0.623. The summed E-state index contributed by atoms with van der Waals surface area (Å²) in [5, 5.41) is 6.75. The van der Waals surface area contributed by atoms with Gasteiger partial charge in [0.05, 0.1) is 12.2 Å². The van der Waals surface area contributed by atoms with Crippen LogP contribution in [0.3, 0.4) is 0 Å². The summed E-state index contributed by atoms with van der Waals surface area (Å²) in [4.78, 5) is 19.0. The van der Waals surface area contributed by atoms with E-state index in [4.69, 9.17) is 0 Å². The van der Waals surface area contributed by atoms with Crippen LogP contribution in [-0.4, -0.2) is 41.5 Å². The number of amides is 1. The van der Waals surface area contributed by atoms with Crippen molar-refractivity contribution < 1.29 is 4.79 Å². The number of carbonyl (C=O) groups is 1. The highest BCUT2D eigenvalue weighted by Crippen LogP contribution is 2.31. The number of pyridine rings is 1. The molecular formula is C24H34Cl2N4O. The number of carbonyl (C=O) groups excluding carboxylic acids is 1. The third-order valence-electron chi connectivity index (χ3n) is 6.24. The third-order valence-corrected chi connectivity index (χ3v) is 6.24. The second-order valence-corrected chi connectivity index (χ2v) is 8.55. The molecule has 2 bridgehead atoms. The molecule has 0 saturated carbocycles. The molecule has 1 amide bonds. The van der Waals surface area contributed by atoms with Gasteiger partial charge in [-0.3, -0.25) is 14.7 Å². The Balaban J connectivity index is 0.00000171. The van der Waals surface area contributed by atoms with Crippen LogP contribution >= 0.6 is 24.8 Å². The maximum Gasteiger partial charge on any atom is 0.220 e. The minimum atomic E-state index is 0. The molecule has 3 atom stereocenters. The minimum Gasteiger partial charge on any atom is -0.350 e. The van der Waals surface area contributed by atoms with E-state index in [0.717, 1.165) is 44.1 Å². The summed E-state index contributed by atoms with van der Waals surface area (Å²) < 4.78 is 0. The fraction of sp³-hybridized carbons (Fsp3) is 0.500. The Hall–Kier alpha value is -1.66. The van der Waals surface area contributed by atoms with Gasteiger partial charge in [-0.15, -0.1) is 24.8 Å². The van der Waals surface area contributed by atoms with Gasteiger partial charge in [0.2, 0.25) is 5.91 Å². The molecule has 31 heavy (non-hydrogen) atoms. The first kappa shape index (κ1) is 25.6. The van der Waals surface area contributed by atoms with Gasteiger partial charge in [-0.2, -0.15) is 0 Å². The largest absolute Gasteiger partial charge is 0.350 e. The molecule has 7 heteroatoms. The molecular weight excluding hydrogens is 431 g/mol. The molecule has 2 fully saturated rings. The number of benzene rings is 1.